The second-order valence-corrected chi connectivity index (χ2v) is 5.93. The first-order chi connectivity index (χ1) is 14.4. The molecule has 0 aliphatic heterocycles. The van der Waals surface area contributed by atoms with Crippen LogP contribution in [0.1, 0.15) is 26.5 Å². The van der Waals surface area contributed by atoms with Crippen LogP contribution in [0.15, 0.2) is 64.1 Å². The smallest absolute Gasteiger partial charge is 0.336 e. The number of nitro benzene ring substituents is 1. The third kappa shape index (κ3) is 4.50. The Kier molecular flexibility index (Phi) is 5.87. The zero-order chi connectivity index (χ0) is 21.7. The number of non-ortho nitro benzene ring substituents is 1. The molecule has 0 fully saturated rings. The highest BCUT2D eigenvalue weighted by atomic mass is 16.6. The number of nitrogens with zero attached hydrogens (tertiary/aromatic N) is 2. The lowest BCUT2D eigenvalue weighted by Crippen LogP contribution is -2.17. The summed E-state index contributed by atoms with van der Waals surface area (Å²) in [5.41, 5.74) is 2.26. The van der Waals surface area contributed by atoms with E-state index in [0.717, 1.165) is 6.07 Å². The number of carboxylic acids is 1. The van der Waals surface area contributed by atoms with E-state index in [-0.39, 0.29) is 28.3 Å². The standard InChI is InChI=1S/C20H15N3O7/c1-29-14-4-2-3-12(9-14)19(24)22-21-11-15-6-8-18(30-15)16-7-5-13(23(27)28)10-17(16)20(25)26/h2-11H,1H3,(H,22,24)(H,25,26)/b21-11-. The van der Waals surface area contributed by atoms with Crippen LogP contribution in [0.5, 0.6) is 5.75 Å². The summed E-state index contributed by atoms with van der Waals surface area (Å²) in [7, 11) is 1.49. The average molecular weight is 409 g/mol. The van der Waals surface area contributed by atoms with Crippen LogP contribution in [0.3, 0.4) is 0 Å². The Labute approximate surface area is 169 Å². The first-order valence-electron chi connectivity index (χ1n) is 8.48. The van der Waals surface area contributed by atoms with Gasteiger partial charge in [-0.1, -0.05) is 6.07 Å². The van der Waals surface area contributed by atoms with E-state index in [1.165, 1.54) is 37.6 Å². The lowest BCUT2D eigenvalue weighted by molar-refractivity contribution is -0.384. The van der Waals surface area contributed by atoms with Crippen molar-refractivity contribution in [3.05, 3.63) is 81.6 Å². The molecule has 0 atom stereocenters. The predicted molar refractivity (Wildman–Crippen MR) is 106 cm³/mol. The highest BCUT2D eigenvalue weighted by Gasteiger charge is 2.19. The highest BCUT2D eigenvalue weighted by Crippen LogP contribution is 2.28. The Morgan fingerprint density at radius 3 is 2.70 bits per heavy atom. The number of methoxy groups -OCH3 is 1. The molecular formula is C20H15N3O7. The number of hydrogen-bond acceptors (Lipinski definition) is 7. The summed E-state index contributed by atoms with van der Waals surface area (Å²) in [6, 6.07) is 13.0. The molecule has 0 unspecified atom stereocenters. The molecule has 0 bridgehead atoms. The summed E-state index contributed by atoms with van der Waals surface area (Å²) in [5, 5.41) is 24.0. The van der Waals surface area contributed by atoms with Gasteiger partial charge in [-0.25, -0.2) is 10.2 Å². The lowest BCUT2D eigenvalue weighted by Gasteiger charge is -2.03. The highest BCUT2D eigenvalue weighted by molar-refractivity contribution is 5.97. The number of hydrazone groups is 1. The molecule has 2 aromatic carbocycles. The first-order valence-corrected chi connectivity index (χ1v) is 8.48. The molecule has 1 aromatic heterocycles. The van der Waals surface area contributed by atoms with Crippen molar-refractivity contribution in [2.24, 2.45) is 5.10 Å². The molecule has 0 saturated heterocycles. The van der Waals surface area contributed by atoms with Gasteiger partial charge in [-0.2, -0.15) is 5.10 Å². The second kappa shape index (κ2) is 8.69. The normalized spacial score (nSPS) is 10.7. The molecule has 152 valence electrons. The van der Waals surface area contributed by atoms with E-state index >= 15 is 0 Å². The fourth-order valence-corrected chi connectivity index (χ4v) is 2.59. The lowest BCUT2D eigenvalue weighted by atomic mass is 10.0. The van der Waals surface area contributed by atoms with Gasteiger partial charge < -0.3 is 14.3 Å². The monoisotopic (exact) mass is 409 g/mol. The summed E-state index contributed by atoms with van der Waals surface area (Å²) in [4.78, 5) is 33.8. The molecule has 2 N–H and O–H groups in total. The third-order valence-corrected chi connectivity index (χ3v) is 4.03. The van der Waals surface area contributed by atoms with E-state index < -0.39 is 16.8 Å². The number of hydrogen-bond donors (Lipinski definition) is 2. The molecule has 0 saturated carbocycles. The van der Waals surface area contributed by atoms with Crippen molar-refractivity contribution in [3.8, 4) is 17.1 Å². The van der Waals surface area contributed by atoms with Crippen LogP contribution >= 0.6 is 0 Å². The number of carbonyl (C=O) groups excluding carboxylic acids is 1. The van der Waals surface area contributed by atoms with Gasteiger partial charge in [0.25, 0.3) is 11.6 Å². The number of aromatic carboxylic acids is 1. The van der Waals surface area contributed by atoms with Crippen molar-refractivity contribution in [2.45, 2.75) is 0 Å². The van der Waals surface area contributed by atoms with Crippen molar-refractivity contribution in [3.63, 3.8) is 0 Å². The summed E-state index contributed by atoms with van der Waals surface area (Å²) >= 11 is 0. The van der Waals surface area contributed by atoms with Crippen LogP contribution in [-0.4, -0.2) is 35.2 Å². The van der Waals surface area contributed by atoms with Crippen LogP contribution in [0, 0.1) is 10.1 Å². The Bertz CT molecular complexity index is 1150. The number of furan rings is 1. The van der Waals surface area contributed by atoms with Crippen molar-refractivity contribution in [1.29, 1.82) is 0 Å². The molecule has 0 aliphatic rings. The number of ether oxygens (including phenoxy) is 1. The topological polar surface area (TPSA) is 144 Å². The van der Waals surface area contributed by atoms with E-state index in [1.54, 1.807) is 24.3 Å². The molecule has 3 aromatic rings. The van der Waals surface area contributed by atoms with Crippen LogP contribution in [0.2, 0.25) is 0 Å². The van der Waals surface area contributed by atoms with Crippen LogP contribution < -0.4 is 10.2 Å². The molecule has 1 heterocycles. The van der Waals surface area contributed by atoms with Gasteiger partial charge in [0.05, 0.1) is 23.8 Å². The van der Waals surface area contributed by atoms with Gasteiger partial charge in [0.15, 0.2) is 0 Å². The minimum Gasteiger partial charge on any atom is -0.497 e. The second-order valence-electron chi connectivity index (χ2n) is 5.93. The number of rotatable bonds is 7. The minimum atomic E-state index is -1.33. The SMILES string of the molecule is COc1cccc(C(=O)N/N=C\c2ccc(-c3ccc([N+](=O)[O-])cc3C(=O)O)o2)c1. The number of nitrogens with one attached hydrogen (secondary N) is 1. The molecule has 0 spiro atoms. The first kappa shape index (κ1) is 20.3. The molecule has 0 aliphatic carbocycles. The summed E-state index contributed by atoms with van der Waals surface area (Å²) in [6.45, 7) is 0. The molecule has 10 heteroatoms. The van der Waals surface area contributed by atoms with Gasteiger partial charge >= 0.3 is 5.97 Å². The molecule has 10 nitrogen and oxygen atoms in total. The molecule has 3 rings (SSSR count). The van der Waals surface area contributed by atoms with Crippen LogP contribution in [0.4, 0.5) is 5.69 Å². The van der Waals surface area contributed by atoms with E-state index in [0.29, 0.717) is 11.3 Å². The van der Waals surface area contributed by atoms with Gasteiger partial charge in [0, 0.05) is 23.3 Å². The summed E-state index contributed by atoms with van der Waals surface area (Å²) in [5.74, 6) is -0.834. The maximum atomic E-state index is 12.1. The zero-order valence-electron chi connectivity index (χ0n) is 15.6. The van der Waals surface area contributed by atoms with Crippen molar-refractivity contribution in [2.75, 3.05) is 7.11 Å². The van der Waals surface area contributed by atoms with E-state index in [1.807, 2.05) is 0 Å². The van der Waals surface area contributed by atoms with Gasteiger partial charge in [0.1, 0.15) is 17.3 Å². The Hall–Kier alpha value is -4.47. The van der Waals surface area contributed by atoms with Crippen LogP contribution in [-0.2, 0) is 0 Å². The van der Waals surface area contributed by atoms with Gasteiger partial charge in [-0.15, -0.1) is 0 Å². The largest absolute Gasteiger partial charge is 0.497 e. The fourth-order valence-electron chi connectivity index (χ4n) is 2.59. The van der Waals surface area contributed by atoms with E-state index in [2.05, 4.69) is 10.5 Å². The van der Waals surface area contributed by atoms with Gasteiger partial charge in [-0.3, -0.25) is 14.9 Å². The summed E-state index contributed by atoms with van der Waals surface area (Å²) in [6.07, 6.45) is 1.24. The molecule has 1 amide bonds. The van der Waals surface area contributed by atoms with Crippen LogP contribution in [0.25, 0.3) is 11.3 Å². The number of carboxylic acid groups (broad SMARTS) is 1. The molecule has 30 heavy (non-hydrogen) atoms. The van der Waals surface area contributed by atoms with Gasteiger partial charge in [-0.05, 0) is 36.4 Å². The maximum absolute atomic E-state index is 12.1. The number of nitro groups is 1. The van der Waals surface area contributed by atoms with Crippen molar-refractivity contribution < 1.29 is 28.8 Å². The molecule has 0 radical (unpaired) electrons. The average Bonchev–Trinajstić information content (AvgIpc) is 3.21. The Morgan fingerprint density at radius 2 is 2.00 bits per heavy atom. The molecular weight excluding hydrogens is 394 g/mol. The zero-order valence-corrected chi connectivity index (χ0v) is 15.6. The quantitative estimate of drug-likeness (QED) is 0.346. The number of amides is 1. The fraction of sp³-hybridized carbons (Fsp3) is 0.0500. The minimum absolute atomic E-state index is 0.174. The third-order valence-electron chi connectivity index (χ3n) is 4.03. The number of carbonyl (C=O) groups is 2. The number of benzene rings is 2. The van der Waals surface area contributed by atoms with E-state index in [4.69, 9.17) is 9.15 Å². The Morgan fingerprint density at radius 1 is 1.20 bits per heavy atom. The van der Waals surface area contributed by atoms with Crippen molar-refractivity contribution >= 4 is 23.8 Å². The predicted octanol–water partition coefficient (Wildman–Crippen LogP) is 3.33. The van der Waals surface area contributed by atoms with Crippen molar-refractivity contribution in [1.82, 2.24) is 5.43 Å². The maximum Gasteiger partial charge on any atom is 0.336 e. The Balaban J connectivity index is 1.76. The van der Waals surface area contributed by atoms with E-state index in [9.17, 15) is 24.8 Å². The van der Waals surface area contributed by atoms with Gasteiger partial charge in [0.2, 0.25) is 0 Å². The summed E-state index contributed by atoms with van der Waals surface area (Å²) < 4.78 is 10.6.